The Morgan fingerprint density at radius 3 is 2.63 bits per heavy atom. The molecule has 0 spiro atoms. The van der Waals surface area contributed by atoms with E-state index >= 15 is 0 Å². The minimum Gasteiger partial charge on any atom is -0.361 e. The van der Waals surface area contributed by atoms with Crippen LogP contribution in [0.4, 0.5) is 5.82 Å². The summed E-state index contributed by atoms with van der Waals surface area (Å²) in [7, 11) is 1.59. The number of hydrogen-bond donors (Lipinski definition) is 2. The highest BCUT2D eigenvalue weighted by atomic mass is 16.2. The van der Waals surface area contributed by atoms with Crippen LogP contribution in [0.25, 0.3) is 0 Å². The molecule has 1 aromatic heterocycles. The van der Waals surface area contributed by atoms with Crippen LogP contribution in [0.3, 0.4) is 0 Å². The van der Waals surface area contributed by atoms with Crippen molar-refractivity contribution in [1.29, 1.82) is 0 Å². The molecule has 27 heavy (non-hydrogen) atoms. The maximum Gasteiger partial charge on any atom is 0.255 e. The van der Waals surface area contributed by atoms with E-state index in [0.717, 1.165) is 32.4 Å². The fourth-order valence-electron chi connectivity index (χ4n) is 3.42. The summed E-state index contributed by atoms with van der Waals surface area (Å²) in [6, 6.07) is 14.0. The monoisotopic (exact) mass is 366 g/mol. The molecule has 2 aromatic rings. The fraction of sp³-hybridized carbons (Fsp3) is 0.381. The van der Waals surface area contributed by atoms with Crippen molar-refractivity contribution in [2.24, 2.45) is 0 Å². The Bertz CT molecular complexity index is 762. The largest absolute Gasteiger partial charge is 0.361 e. The third-order valence-corrected chi connectivity index (χ3v) is 5.01. The predicted molar refractivity (Wildman–Crippen MR) is 106 cm³/mol. The van der Waals surface area contributed by atoms with E-state index in [1.165, 1.54) is 5.56 Å². The summed E-state index contributed by atoms with van der Waals surface area (Å²) in [6.45, 7) is 1.69. The van der Waals surface area contributed by atoms with Crippen LogP contribution in [0.1, 0.15) is 41.1 Å². The Morgan fingerprint density at radius 1 is 1.11 bits per heavy atom. The van der Waals surface area contributed by atoms with Crippen molar-refractivity contribution in [2.45, 2.75) is 25.2 Å². The summed E-state index contributed by atoms with van der Waals surface area (Å²) in [5.41, 5.74) is 1.94. The van der Waals surface area contributed by atoms with E-state index in [1.54, 1.807) is 25.4 Å². The molecule has 0 saturated carbocycles. The van der Waals surface area contributed by atoms with Gasteiger partial charge in [0.1, 0.15) is 5.82 Å². The van der Waals surface area contributed by atoms with Gasteiger partial charge in [-0.1, -0.05) is 30.3 Å². The van der Waals surface area contributed by atoms with E-state index in [4.69, 9.17) is 0 Å². The lowest BCUT2D eigenvalue weighted by molar-refractivity contribution is -0.118. The minimum absolute atomic E-state index is 0.0223. The van der Waals surface area contributed by atoms with Crippen LogP contribution in [-0.4, -0.2) is 48.4 Å². The Hall–Kier alpha value is -2.89. The van der Waals surface area contributed by atoms with Gasteiger partial charge in [-0.15, -0.1) is 0 Å². The number of carbonyl (C=O) groups is 2. The molecule has 2 N–H and O–H groups in total. The Kier molecular flexibility index (Phi) is 6.41. The van der Waals surface area contributed by atoms with Gasteiger partial charge >= 0.3 is 0 Å². The summed E-state index contributed by atoms with van der Waals surface area (Å²) in [6.07, 6.45) is 4.67. The van der Waals surface area contributed by atoms with Gasteiger partial charge in [0.2, 0.25) is 5.91 Å². The molecule has 0 unspecified atom stereocenters. The van der Waals surface area contributed by atoms with Crippen molar-refractivity contribution in [1.82, 2.24) is 15.2 Å². The zero-order valence-corrected chi connectivity index (χ0v) is 15.6. The average molecular weight is 366 g/mol. The molecule has 6 heteroatoms. The molecule has 1 atom stereocenters. The Morgan fingerprint density at radius 2 is 1.93 bits per heavy atom. The summed E-state index contributed by atoms with van der Waals surface area (Å²) >= 11 is 0. The number of aromatic nitrogens is 1. The summed E-state index contributed by atoms with van der Waals surface area (Å²) in [4.78, 5) is 30.3. The number of amides is 2. The van der Waals surface area contributed by atoms with Crippen LogP contribution in [0.2, 0.25) is 0 Å². The van der Waals surface area contributed by atoms with Gasteiger partial charge in [-0.25, -0.2) is 4.98 Å². The lowest BCUT2D eigenvalue weighted by Gasteiger charge is -2.21. The second-order valence-electron chi connectivity index (χ2n) is 6.79. The van der Waals surface area contributed by atoms with Crippen molar-refractivity contribution in [3.63, 3.8) is 0 Å². The van der Waals surface area contributed by atoms with Crippen LogP contribution in [-0.2, 0) is 4.79 Å². The molecule has 0 radical (unpaired) electrons. The van der Waals surface area contributed by atoms with E-state index in [9.17, 15) is 9.59 Å². The number of carbonyl (C=O) groups excluding carboxylic acids is 2. The average Bonchev–Trinajstić information content (AvgIpc) is 2.99. The van der Waals surface area contributed by atoms with Crippen LogP contribution in [0.5, 0.6) is 0 Å². The van der Waals surface area contributed by atoms with Gasteiger partial charge in [-0.3, -0.25) is 9.59 Å². The normalized spacial score (nSPS) is 17.1. The number of likely N-dealkylation sites (N-methyl/N-ethyl adjacent to an activating group) is 1. The number of hydrogen-bond acceptors (Lipinski definition) is 4. The van der Waals surface area contributed by atoms with Gasteiger partial charge in [-0.05, 0) is 42.9 Å². The van der Waals surface area contributed by atoms with Crippen LogP contribution < -0.4 is 10.6 Å². The summed E-state index contributed by atoms with van der Waals surface area (Å²) < 4.78 is 0. The minimum atomic E-state index is -0.116. The first-order valence-electron chi connectivity index (χ1n) is 9.42. The van der Waals surface area contributed by atoms with E-state index in [1.807, 2.05) is 11.0 Å². The number of nitrogens with zero attached hydrogens (tertiary/aromatic N) is 2. The number of likely N-dealkylation sites (tertiary alicyclic amines) is 1. The van der Waals surface area contributed by atoms with Gasteiger partial charge < -0.3 is 15.5 Å². The first-order valence-corrected chi connectivity index (χ1v) is 9.42. The lowest BCUT2D eigenvalue weighted by atomic mass is 9.92. The number of benzene rings is 1. The molecular weight excluding hydrogens is 340 g/mol. The molecule has 3 rings (SSSR count). The molecular formula is C21H26N4O2. The van der Waals surface area contributed by atoms with Gasteiger partial charge in [-0.2, -0.15) is 0 Å². The van der Waals surface area contributed by atoms with Crippen molar-refractivity contribution >= 4 is 17.6 Å². The molecule has 1 aromatic carbocycles. The zero-order valence-electron chi connectivity index (χ0n) is 15.6. The number of rotatable bonds is 5. The van der Waals surface area contributed by atoms with Gasteiger partial charge in [0.25, 0.3) is 5.91 Å². The maximum absolute atomic E-state index is 12.8. The SMILES string of the molecule is CNC(=O)CNc1ccc(C(=O)N2CCC[C@H](c3ccccc3)CC2)cn1. The summed E-state index contributed by atoms with van der Waals surface area (Å²) in [5, 5.41) is 5.47. The third kappa shape index (κ3) is 5.06. The second kappa shape index (κ2) is 9.16. The van der Waals surface area contributed by atoms with Crippen LogP contribution in [0.15, 0.2) is 48.7 Å². The van der Waals surface area contributed by atoms with E-state index in [2.05, 4.69) is 39.9 Å². The topological polar surface area (TPSA) is 74.3 Å². The molecule has 0 aliphatic carbocycles. The Labute approximate surface area is 160 Å². The molecule has 0 bridgehead atoms. The number of anilines is 1. The van der Waals surface area contributed by atoms with E-state index in [-0.39, 0.29) is 18.4 Å². The first kappa shape index (κ1) is 18.9. The molecule has 1 aliphatic rings. The molecule has 1 fully saturated rings. The zero-order chi connectivity index (χ0) is 19.1. The highest BCUT2D eigenvalue weighted by Gasteiger charge is 2.22. The molecule has 1 saturated heterocycles. The molecule has 6 nitrogen and oxygen atoms in total. The smallest absolute Gasteiger partial charge is 0.255 e. The molecule has 2 heterocycles. The number of pyridine rings is 1. The molecule has 2 amide bonds. The first-order chi connectivity index (χ1) is 13.2. The standard InChI is InChI=1S/C21H26N4O2/c1-22-20(26)15-24-19-10-9-18(14-23-19)21(27)25-12-5-8-17(11-13-25)16-6-3-2-4-7-16/h2-4,6-7,9-10,14,17H,5,8,11-13,15H2,1H3,(H,22,26)(H,23,24)/t17-/m0/s1. The van der Waals surface area contributed by atoms with Gasteiger partial charge in [0, 0.05) is 26.3 Å². The van der Waals surface area contributed by atoms with E-state index < -0.39 is 0 Å². The molecule has 142 valence electrons. The number of nitrogens with one attached hydrogen (secondary N) is 2. The summed E-state index contributed by atoms with van der Waals surface area (Å²) in [5.74, 6) is 0.997. The predicted octanol–water partition coefficient (Wildman–Crippen LogP) is 2.65. The third-order valence-electron chi connectivity index (χ3n) is 5.01. The van der Waals surface area contributed by atoms with E-state index in [0.29, 0.717) is 17.3 Å². The van der Waals surface area contributed by atoms with Gasteiger partial charge in [0.15, 0.2) is 0 Å². The van der Waals surface area contributed by atoms with Crippen molar-refractivity contribution < 1.29 is 9.59 Å². The fourth-order valence-corrected chi connectivity index (χ4v) is 3.42. The highest BCUT2D eigenvalue weighted by molar-refractivity contribution is 5.94. The van der Waals surface area contributed by atoms with Crippen LogP contribution in [0, 0.1) is 0 Å². The van der Waals surface area contributed by atoms with Crippen molar-refractivity contribution in [2.75, 3.05) is 32.0 Å². The van der Waals surface area contributed by atoms with Crippen molar-refractivity contribution in [3.05, 3.63) is 59.8 Å². The highest BCUT2D eigenvalue weighted by Crippen LogP contribution is 2.28. The quantitative estimate of drug-likeness (QED) is 0.853. The second-order valence-corrected chi connectivity index (χ2v) is 6.79. The van der Waals surface area contributed by atoms with Crippen molar-refractivity contribution in [3.8, 4) is 0 Å². The lowest BCUT2D eigenvalue weighted by Crippen LogP contribution is -2.32. The maximum atomic E-state index is 12.8. The van der Waals surface area contributed by atoms with Gasteiger partial charge in [0.05, 0.1) is 12.1 Å². The molecule has 1 aliphatic heterocycles. The Balaban J connectivity index is 1.58. The van der Waals surface area contributed by atoms with Crippen LogP contribution >= 0.6 is 0 Å².